The Morgan fingerprint density at radius 1 is 1.00 bits per heavy atom. The molecule has 3 N–H and O–H groups in total. The normalized spacial score (nSPS) is 11.5. The average molecular weight is 370 g/mol. The highest BCUT2D eigenvalue weighted by Crippen LogP contribution is 2.33. The molecule has 0 atom stereocenters. The number of hydrogen-bond donors (Lipinski definition) is 3. The van der Waals surface area contributed by atoms with Gasteiger partial charge in [-0.1, -0.05) is 12.1 Å². The van der Waals surface area contributed by atoms with Crippen molar-refractivity contribution in [1.82, 2.24) is 0 Å². The van der Waals surface area contributed by atoms with E-state index in [0.29, 0.717) is 5.56 Å². The average Bonchev–Trinajstić information content (AvgIpc) is 2.53. The molecule has 0 radical (unpaired) electrons. The molecule has 1 heterocycles. The van der Waals surface area contributed by atoms with Crippen LogP contribution in [0.1, 0.15) is 31.3 Å². The highest BCUT2D eigenvalue weighted by atomic mass is 16.6. The summed E-state index contributed by atoms with van der Waals surface area (Å²) in [6, 6.07) is 7.73. The van der Waals surface area contributed by atoms with E-state index in [-0.39, 0.29) is 33.8 Å². The predicted octanol–water partition coefficient (Wildman–Crippen LogP) is 3.53. The van der Waals surface area contributed by atoms with E-state index in [1.54, 1.807) is 20.8 Å². The zero-order valence-electron chi connectivity index (χ0n) is 14.9. The molecule has 0 aliphatic heterocycles. The number of aromatic hydroxyl groups is 3. The summed E-state index contributed by atoms with van der Waals surface area (Å²) in [7, 11) is 0. The SMILES string of the molecule is CC(C)(C)OC(=O)c1oc2cc(O)cc(O)c2c(=O)c1-c1ccc(O)cc1. The molecule has 27 heavy (non-hydrogen) atoms. The van der Waals surface area contributed by atoms with Crippen LogP contribution in [0.15, 0.2) is 45.6 Å². The monoisotopic (exact) mass is 370 g/mol. The summed E-state index contributed by atoms with van der Waals surface area (Å²) in [6.07, 6.45) is 0. The standard InChI is InChI=1S/C20H18O7/c1-20(2,3)27-19(25)18-15(10-4-6-11(21)7-5-10)17(24)16-13(23)8-12(22)9-14(16)26-18/h4-9,21-23H,1-3H3. The molecule has 0 saturated heterocycles. The van der Waals surface area contributed by atoms with Crippen molar-refractivity contribution in [2.45, 2.75) is 26.4 Å². The Morgan fingerprint density at radius 2 is 1.63 bits per heavy atom. The lowest BCUT2D eigenvalue weighted by Crippen LogP contribution is -2.25. The zero-order chi connectivity index (χ0) is 19.9. The second-order valence-electron chi connectivity index (χ2n) is 7.02. The fraction of sp³-hybridized carbons (Fsp3) is 0.200. The Labute approximate surface area is 154 Å². The first-order chi connectivity index (χ1) is 12.6. The van der Waals surface area contributed by atoms with E-state index in [9.17, 15) is 24.9 Å². The second-order valence-corrected chi connectivity index (χ2v) is 7.02. The van der Waals surface area contributed by atoms with Crippen LogP contribution in [0, 0.1) is 0 Å². The lowest BCUT2D eigenvalue weighted by Gasteiger charge is -2.20. The van der Waals surface area contributed by atoms with Gasteiger partial charge in [-0.2, -0.15) is 0 Å². The minimum absolute atomic E-state index is 0.0180. The Kier molecular flexibility index (Phi) is 4.31. The Bertz CT molecular complexity index is 1090. The van der Waals surface area contributed by atoms with Gasteiger partial charge in [0.1, 0.15) is 33.8 Å². The van der Waals surface area contributed by atoms with Gasteiger partial charge >= 0.3 is 5.97 Å². The molecule has 0 spiro atoms. The molecular formula is C20H18O7. The smallest absolute Gasteiger partial charge is 0.375 e. The minimum Gasteiger partial charge on any atom is -0.508 e. The number of fused-ring (bicyclic) bond motifs is 1. The van der Waals surface area contributed by atoms with Crippen LogP contribution in [-0.4, -0.2) is 26.9 Å². The fourth-order valence-electron chi connectivity index (χ4n) is 2.64. The molecule has 3 aromatic rings. The number of hydrogen-bond acceptors (Lipinski definition) is 7. The van der Waals surface area contributed by atoms with Crippen LogP contribution in [0.25, 0.3) is 22.1 Å². The first kappa shape index (κ1) is 18.3. The van der Waals surface area contributed by atoms with Crippen LogP contribution < -0.4 is 5.43 Å². The van der Waals surface area contributed by atoms with Gasteiger partial charge in [-0.15, -0.1) is 0 Å². The van der Waals surface area contributed by atoms with Crippen molar-refractivity contribution in [2.75, 3.05) is 0 Å². The van der Waals surface area contributed by atoms with Crippen molar-refractivity contribution in [3.63, 3.8) is 0 Å². The molecule has 140 valence electrons. The molecule has 7 nitrogen and oxygen atoms in total. The van der Waals surface area contributed by atoms with E-state index < -0.39 is 22.7 Å². The van der Waals surface area contributed by atoms with Gasteiger partial charge in [0.15, 0.2) is 0 Å². The summed E-state index contributed by atoms with van der Waals surface area (Å²) < 4.78 is 10.9. The number of esters is 1. The largest absolute Gasteiger partial charge is 0.508 e. The maximum Gasteiger partial charge on any atom is 0.375 e. The van der Waals surface area contributed by atoms with Gasteiger partial charge in [0, 0.05) is 12.1 Å². The summed E-state index contributed by atoms with van der Waals surface area (Å²) in [5.41, 5.74) is -1.46. The first-order valence-corrected chi connectivity index (χ1v) is 8.12. The number of carbonyl (C=O) groups is 1. The van der Waals surface area contributed by atoms with E-state index in [1.807, 2.05) is 0 Å². The lowest BCUT2D eigenvalue weighted by atomic mass is 10.0. The predicted molar refractivity (Wildman–Crippen MR) is 98.1 cm³/mol. The molecule has 1 aromatic heterocycles. The van der Waals surface area contributed by atoms with Crippen molar-refractivity contribution in [3.05, 3.63) is 52.4 Å². The molecule has 0 aliphatic rings. The summed E-state index contributed by atoms with van der Waals surface area (Å²) in [5.74, 6) is -2.05. The molecule has 0 amide bonds. The van der Waals surface area contributed by atoms with Gasteiger partial charge in [0.2, 0.25) is 11.2 Å². The number of ether oxygens (including phenoxy) is 1. The Morgan fingerprint density at radius 3 is 2.22 bits per heavy atom. The molecule has 0 saturated carbocycles. The number of phenols is 3. The van der Waals surface area contributed by atoms with Crippen molar-refractivity contribution < 1.29 is 29.3 Å². The van der Waals surface area contributed by atoms with Gasteiger partial charge in [0.25, 0.3) is 0 Å². The minimum atomic E-state index is -0.868. The van der Waals surface area contributed by atoms with Gasteiger partial charge in [-0.3, -0.25) is 4.79 Å². The van der Waals surface area contributed by atoms with Crippen LogP contribution in [0.4, 0.5) is 0 Å². The Balaban J connectivity index is 2.37. The van der Waals surface area contributed by atoms with E-state index >= 15 is 0 Å². The fourth-order valence-corrected chi connectivity index (χ4v) is 2.64. The third kappa shape index (κ3) is 3.57. The highest BCUT2D eigenvalue weighted by molar-refractivity contribution is 5.99. The van der Waals surface area contributed by atoms with Gasteiger partial charge in [-0.25, -0.2) is 4.79 Å². The Hall–Kier alpha value is -3.48. The molecule has 0 fully saturated rings. The van der Waals surface area contributed by atoms with Crippen LogP contribution >= 0.6 is 0 Å². The summed E-state index contributed by atoms with van der Waals surface area (Å²) >= 11 is 0. The highest BCUT2D eigenvalue weighted by Gasteiger charge is 2.28. The molecule has 2 aromatic carbocycles. The van der Waals surface area contributed by atoms with Crippen molar-refractivity contribution in [1.29, 1.82) is 0 Å². The van der Waals surface area contributed by atoms with Crippen molar-refractivity contribution in [2.24, 2.45) is 0 Å². The summed E-state index contributed by atoms with van der Waals surface area (Å²) in [6.45, 7) is 5.01. The number of benzene rings is 2. The third-order valence-corrected chi connectivity index (χ3v) is 3.70. The number of carbonyl (C=O) groups excluding carboxylic acids is 1. The van der Waals surface area contributed by atoms with Crippen LogP contribution in [0.2, 0.25) is 0 Å². The van der Waals surface area contributed by atoms with E-state index in [2.05, 4.69) is 0 Å². The molecule has 0 unspecified atom stereocenters. The molecule has 0 bridgehead atoms. The second kappa shape index (κ2) is 6.35. The van der Waals surface area contributed by atoms with E-state index in [1.165, 1.54) is 24.3 Å². The number of phenolic OH excluding ortho intramolecular Hbond substituents is 3. The van der Waals surface area contributed by atoms with E-state index in [0.717, 1.165) is 12.1 Å². The van der Waals surface area contributed by atoms with Crippen molar-refractivity contribution in [3.8, 4) is 28.4 Å². The van der Waals surface area contributed by atoms with Crippen LogP contribution in [0.5, 0.6) is 17.2 Å². The molecular weight excluding hydrogens is 352 g/mol. The first-order valence-electron chi connectivity index (χ1n) is 8.12. The van der Waals surface area contributed by atoms with Crippen LogP contribution in [0.3, 0.4) is 0 Å². The van der Waals surface area contributed by atoms with E-state index in [4.69, 9.17) is 9.15 Å². The molecule has 7 heteroatoms. The van der Waals surface area contributed by atoms with Crippen LogP contribution in [-0.2, 0) is 4.74 Å². The number of rotatable bonds is 2. The van der Waals surface area contributed by atoms with Crippen molar-refractivity contribution >= 4 is 16.9 Å². The topological polar surface area (TPSA) is 117 Å². The summed E-state index contributed by atoms with van der Waals surface area (Å²) in [4.78, 5) is 25.7. The van der Waals surface area contributed by atoms with Gasteiger partial charge in [-0.05, 0) is 38.5 Å². The summed E-state index contributed by atoms with van der Waals surface area (Å²) in [5, 5.41) is 29.1. The lowest BCUT2D eigenvalue weighted by molar-refractivity contribution is 0.00376. The maximum atomic E-state index is 13.1. The quantitative estimate of drug-likeness (QED) is 0.591. The molecule has 3 rings (SSSR count). The van der Waals surface area contributed by atoms with Gasteiger partial charge in [0.05, 0.1) is 5.56 Å². The molecule has 0 aliphatic carbocycles. The third-order valence-electron chi connectivity index (χ3n) is 3.70. The van der Waals surface area contributed by atoms with Gasteiger partial charge < -0.3 is 24.5 Å². The zero-order valence-corrected chi connectivity index (χ0v) is 14.9. The maximum absolute atomic E-state index is 13.1.